The van der Waals surface area contributed by atoms with Crippen LogP contribution in [0.3, 0.4) is 0 Å². The molecule has 0 amide bonds. The quantitative estimate of drug-likeness (QED) is 0.570. The number of benzene rings is 1. The van der Waals surface area contributed by atoms with E-state index in [4.69, 9.17) is 5.73 Å². The predicted octanol–water partition coefficient (Wildman–Crippen LogP) is 0.368. The fourth-order valence-electron chi connectivity index (χ4n) is 1.19. The van der Waals surface area contributed by atoms with Gasteiger partial charge in [0.2, 0.25) is 0 Å². The number of nitrogens with one attached hydrogen (secondary N) is 1. The van der Waals surface area contributed by atoms with Crippen LogP contribution in [0.2, 0.25) is 0 Å². The molecule has 0 radical (unpaired) electrons. The van der Waals surface area contributed by atoms with E-state index in [-0.39, 0.29) is 5.95 Å². The highest BCUT2D eigenvalue weighted by Gasteiger charge is 2.08. The third-order valence-electron chi connectivity index (χ3n) is 1.87. The van der Waals surface area contributed by atoms with E-state index in [1.165, 1.54) is 0 Å². The molecule has 1 heterocycles. The van der Waals surface area contributed by atoms with Crippen molar-refractivity contribution in [2.75, 3.05) is 5.73 Å². The number of nitrogens with two attached hydrogens (primary N) is 1. The number of hydrogen-bond acceptors (Lipinski definition) is 3. The van der Waals surface area contributed by atoms with Gasteiger partial charge in [0.25, 0.3) is 0 Å². The average Bonchev–Trinajstić information content (AvgIpc) is 2.12. The van der Waals surface area contributed by atoms with Crippen molar-refractivity contribution in [3.63, 3.8) is 0 Å². The van der Waals surface area contributed by atoms with Crippen molar-refractivity contribution in [3.05, 3.63) is 28.7 Å². The summed E-state index contributed by atoms with van der Waals surface area (Å²) in [5.41, 5.74) is 7.54. The summed E-state index contributed by atoms with van der Waals surface area (Å²) >= 11 is 0. The summed E-state index contributed by atoms with van der Waals surface area (Å²) < 4.78 is 0.610. The SMILES string of the molecule is Cc1ccc2[nH]nc(N)[n+](=O)c2c1. The maximum absolute atomic E-state index is 11.4. The fraction of sp³-hybridized carbons (Fsp3) is 0.125. The summed E-state index contributed by atoms with van der Waals surface area (Å²) in [5, 5.41) is 6.33. The molecule has 3 N–H and O–H groups in total. The van der Waals surface area contributed by atoms with E-state index in [1.807, 2.05) is 13.0 Å². The lowest BCUT2D eigenvalue weighted by Crippen LogP contribution is -2.23. The van der Waals surface area contributed by atoms with Crippen LogP contribution < -0.4 is 10.2 Å². The zero-order valence-electron chi connectivity index (χ0n) is 7.11. The van der Waals surface area contributed by atoms with Crippen LogP contribution >= 0.6 is 0 Å². The molecule has 1 aromatic carbocycles. The Bertz CT molecular complexity index is 512. The van der Waals surface area contributed by atoms with E-state index in [1.54, 1.807) is 12.1 Å². The van der Waals surface area contributed by atoms with Crippen LogP contribution in [-0.2, 0) is 0 Å². The summed E-state index contributed by atoms with van der Waals surface area (Å²) in [6.45, 7) is 1.91. The molecule has 0 unspecified atom stereocenters. The first-order chi connectivity index (χ1) is 6.18. The number of fused-ring (bicyclic) bond motifs is 1. The Morgan fingerprint density at radius 3 is 3.08 bits per heavy atom. The molecule has 0 aliphatic rings. The molecule has 0 spiro atoms. The number of rotatable bonds is 0. The van der Waals surface area contributed by atoms with Gasteiger partial charge in [-0.25, -0.2) is 5.10 Å². The van der Waals surface area contributed by atoms with E-state index in [2.05, 4.69) is 10.2 Å². The highest BCUT2D eigenvalue weighted by molar-refractivity contribution is 5.71. The van der Waals surface area contributed by atoms with E-state index < -0.39 is 0 Å². The van der Waals surface area contributed by atoms with E-state index in [0.29, 0.717) is 15.5 Å². The number of nitrogens with zero attached hydrogens (tertiary/aromatic N) is 2. The van der Waals surface area contributed by atoms with Crippen molar-refractivity contribution in [1.82, 2.24) is 10.2 Å². The summed E-state index contributed by atoms with van der Waals surface area (Å²) in [6.07, 6.45) is 0. The number of hydrogen-bond donors (Lipinski definition) is 2. The molecule has 1 aromatic heterocycles. The minimum atomic E-state index is -0.0712. The van der Waals surface area contributed by atoms with Gasteiger partial charge in [-0.15, -0.1) is 0 Å². The molecule has 0 saturated carbocycles. The highest BCUT2D eigenvalue weighted by atomic mass is 16.3. The standard InChI is InChI=1S/C8H9N4O/c1-5-2-3-6-7(4-5)12(13)8(9)11-10-6/h2-4H,1H3,(H2,9,11)(H,10,13)/q+1. The minimum Gasteiger partial charge on any atom is -0.283 e. The first kappa shape index (κ1) is 7.72. The fourth-order valence-corrected chi connectivity index (χ4v) is 1.19. The van der Waals surface area contributed by atoms with Crippen LogP contribution in [0.4, 0.5) is 5.95 Å². The summed E-state index contributed by atoms with van der Waals surface area (Å²) in [4.78, 5) is 11.4. The molecule has 5 heteroatoms. The largest absolute Gasteiger partial charge is 0.451 e. The van der Waals surface area contributed by atoms with Gasteiger partial charge in [-0.2, -0.15) is 0 Å². The number of aromatic amines is 1. The summed E-state index contributed by atoms with van der Waals surface area (Å²) in [5.74, 6) is -0.0712. The van der Waals surface area contributed by atoms with Gasteiger partial charge < -0.3 is 0 Å². The maximum atomic E-state index is 11.4. The van der Waals surface area contributed by atoms with Gasteiger partial charge in [0, 0.05) is 9.53 Å². The number of aromatic nitrogens is 3. The second-order valence-electron chi connectivity index (χ2n) is 2.90. The maximum Gasteiger partial charge on any atom is 0.451 e. The molecule has 2 aromatic rings. The lowest BCUT2D eigenvalue weighted by Gasteiger charge is -1.93. The molecule has 13 heavy (non-hydrogen) atoms. The number of H-pyrrole nitrogens is 1. The van der Waals surface area contributed by atoms with Crippen LogP contribution in [-0.4, -0.2) is 10.2 Å². The first-order valence-corrected chi connectivity index (χ1v) is 3.85. The molecule has 2 rings (SSSR count). The van der Waals surface area contributed by atoms with Gasteiger partial charge in [-0.3, -0.25) is 5.73 Å². The van der Waals surface area contributed by atoms with Crippen molar-refractivity contribution < 1.29 is 4.43 Å². The smallest absolute Gasteiger partial charge is 0.283 e. The topological polar surface area (TPSA) is 77.7 Å². The Labute approximate surface area is 73.8 Å². The Morgan fingerprint density at radius 2 is 2.31 bits per heavy atom. The minimum absolute atomic E-state index is 0.0712. The molecule has 0 fully saturated rings. The molecule has 5 nitrogen and oxygen atoms in total. The van der Waals surface area contributed by atoms with Crippen molar-refractivity contribution in [1.29, 1.82) is 0 Å². The molecule has 0 bridgehead atoms. The second-order valence-corrected chi connectivity index (χ2v) is 2.90. The van der Waals surface area contributed by atoms with Crippen molar-refractivity contribution in [3.8, 4) is 0 Å². The molecule has 0 aliphatic heterocycles. The zero-order valence-corrected chi connectivity index (χ0v) is 7.11. The van der Waals surface area contributed by atoms with Crippen molar-refractivity contribution in [2.45, 2.75) is 6.92 Å². The molecular formula is C8H9N4O+. The van der Waals surface area contributed by atoms with Gasteiger partial charge in [0.1, 0.15) is 5.52 Å². The third kappa shape index (κ3) is 1.14. The molecule has 0 saturated heterocycles. The Morgan fingerprint density at radius 1 is 1.54 bits per heavy atom. The lowest BCUT2D eigenvalue weighted by atomic mass is 10.2. The lowest BCUT2D eigenvalue weighted by molar-refractivity contribution is -0.451. The molecule has 66 valence electrons. The van der Waals surface area contributed by atoms with Gasteiger partial charge in [0.15, 0.2) is 5.52 Å². The average molecular weight is 177 g/mol. The van der Waals surface area contributed by atoms with Gasteiger partial charge in [-0.05, 0) is 24.6 Å². The third-order valence-corrected chi connectivity index (χ3v) is 1.87. The predicted molar refractivity (Wildman–Crippen MR) is 48.6 cm³/mol. The zero-order chi connectivity index (χ0) is 9.42. The van der Waals surface area contributed by atoms with Crippen LogP contribution in [0.1, 0.15) is 5.56 Å². The van der Waals surface area contributed by atoms with Gasteiger partial charge >= 0.3 is 5.95 Å². The molecule has 0 aliphatic carbocycles. The monoisotopic (exact) mass is 177 g/mol. The van der Waals surface area contributed by atoms with Crippen LogP contribution in [0, 0.1) is 11.8 Å². The van der Waals surface area contributed by atoms with Crippen molar-refractivity contribution >= 4 is 17.0 Å². The summed E-state index contributed by atoms with van der Waals surface area (Å²) in [7, 11) is 0. The Kier molecular flexibility index (Phi) is 1.51. The van der Waals surface area contributed by atoms with E-state index in [0.717, 1.165) is 5.56 Å². The number of nitrogen functional groups attached to an aromatic ring is 1. The van der Waals surface area contributed by atoms with E-state index >= 15 is 0 Å². The van der Waals surface area contributed by atoms with Gasteiger partial charge in [-0.1, -0.05) is 11.0 Å². The number of anilines is 1. The van der Waals surface area contributed by atoms with E-state index in [9.17, 15) is 4.91 Å². The second kappa shape index (κ2) is 2.55. The molecular weight excluding hydrogens is 168 g/mol. The van der Waals surface area contributed by atoms with Crippen LogP contribution in [0.15, 0.2) is 18.2 Å². The number of aryl methyl sites for hydroxylation is 1. The normalized spacial score (nSPS) is 10.5. The van der Waals surface area contributed by atoms with Crippen LogP contribution in [0.5, 0.6) is 0 Å². The van der Waals surface area contributed by atoms with Gasteiger partial charge in [0.05, 0.1) is 0 Å². The Hall–Kier alpha value is -1.91. The van der Waals surface area contributed by atoms with Crippen molar-refractivity contribution in [2.24, 2.45) is 0 Å². The summed E-state index contributed by atoms with van der Waals surface area (Å²) in [6, 6.07) is 5.46. The van der Waals surface area contributed by atoms with Crippen LogP contribution in [0.25, 0.3) is 11.0 Å². The highest BCUT2D eigenvalue weighted by Crippen LogP contribution is 2.07. The molecule has 0 atom stereocenters. The Balaban J connectivity index is 2.97. The first-order valence-electron chi connectivity index (χ1n) is 3.85.